The standard InChI is InChI=1S/C18H19N5O2S/c1-5-15-22-23(4)18(25-15)16-17(19)20-10-14(21-16)12-6-8-13(9-7-12)26(24)11(2)3/h1,6-11,18H,2-4H3,(H2,19,20). The second-order valence-corrected chi connectivity index (χ2v) is 8.00. The molecule has 2 atom stereocenters. The van der Waals surface area contributed by atoms with Crippen molar-refractivity contribution in [3.63, 3.8) is 0 Å². The molecule has 3 rings (SSSR count). The smallest absolute Gasteiger partial charge is 0.287 e. The van der Waals surface area contributed by atoms with Gasteiger partial charge in [-0.3, -0.25) is 5.01 Å². The van der Waals surface area contributed by atoms with Crippen LogP contribution in [0.5, 0.6) is 0 Å². The summed E-state index contributed by atoms with van der Waals surface area (Å²) in [6.45, 7) is 3.85. The summed E-state index contributed by atoms with van der Waals surface area (Å²) in [7, 11) is 1.72. The Hall–Kier alpha value is -2.76. The highest BCUT2D eigenvalue weighted by atomic mass is 32.2. The topological polar surface area (TPSA) is 99.7 Å². The molecular weight excluding hydrogens is 350 g/mol. The predicted octanol–water partition coefficient (Wildman–Crippen LogP) is 2.15. The van der Waals surface area contributed by atoms with Crippen molar-refractivity contribution in [1.29, 1.82) is 0 Å². The number of hydrogen-bond acceptors (Lipinski definition) is 7. The fourth-order valence-electron chi connectivity index (χ4n) is 2.46. The summed E-state index contributed by atoms with van der Waals surface area (Å²) in [5.74, 6) is 2.77. The first-order valence-corrected chi connectivity index (χ1v) is 9.20. The van der Waals surface area contributed by atoms with E-state index in [-0.39, 0.29) is 17.0 Å². The normalized spacial score (nSPS) is 17.6. The maximum absolute atomic E-state index is 12.2. The number of anilines is 1. The number of rotatable bonds is 4. The molecule has 0 radical (unpaired) electrons. The fraction of sp³-hybridized carbons (Fsp3) is 0.278. The van der Waals surface area contributed by atoms with Crippen LogP contribution >= 0.6 is 0 Å². The molecule has 0 saturated heterocycles. The number of nitrogen functional groups attached to an aromatic ring is 1. The molecule has 8 heteroatoms. The first-order chi connectivity index (χ1) is 12.4. The molecule has 1 aliphatic heterocycles. The SMILES string of the molecule is C#CC1=NN(C)C(c2nc(-c3ccc([S+]([O-])C(C)C)cc3)cnc2N)O1. The van der Waals surface area contributed by atoms with E-state index in [1.54, 1.807) is 18.3 Å². The fourth-order valence-corrected chi connectivity index (χ4v) is 3.41. The Labute approximate surface area is 155 Å². The third-order valence-corrected chi connectivity index (χ3v) is 5.40. The second-order valence-electron chi connectivity index (χ2n) is 5.99. The molecule has 0 fully saturated rings. The molecule has 1 aliphatic rings. The molecule has 0 saturated carbocycles. The van der Waals surface area contributed by atoms with E-state index in [2.05, 4.69) is 21.0 Å². The van der Waals surface area contributed by atoms with Gasteiger partial charge >= 0.3 is 0 Å². The predicted molar refractivity (Wildman–Crippen MR) is 101 cm³/mol. The minimum atomic E-state index is -1.04. The number of aromatic nitrogens is 2. The van der Waals surface area contributed by atoms with Crippen molar-refractivity contribution in [3.8, 4) is 23.6 Å². The van der Waals surface area contributed by atoms with Gasteiger partial charge < -0.3 is 15.0 Å². The molecule has 1 aromatic heterocycles. The van der Waals surface area contributed by atoms with Gasteiger partial charge in [0.15, 0.2) is 10.7 Å². The summed E-state index contributed by atoms with van der Waals surface area (Å²) in [6, 6.07) is 7.40. The lowest BCUT2D eigenvalue weighted by atomic mass is 10.1. The molecule has 2 unspecified atom stereocenters. The van der Waals surface area contributed by atoms with E-state index in [1.165, 1.54) is 0 Å². The maximum Gasteiger partial charge on any atom is 0.287 e. The monoisotopic (exact) mass is 369 g/mol. The van der Waals surface area contributed by atoms with Crippen LogP contribution in [0.3, 0.4) is 0 Å². The Balaban J connectivity index is 1.90. The van der Waals surface area contributed by atoms with Crippen LogP contribution in [0.4, 0.5) is 5.82 Å². The van der Waals surface area contributed by atoms with E-state index < -0.39 is 17.4 Å². The van der Waals surface area contributed by atoms with Crippen LogP contribution in [0.2, 0.25) is 0 Å². The van der Waals surface area contributed by atoms with E-state index >= 15 is 0 Å². The van der Waals surface area contributed by atoms with Crippen LogP contribution in [-0.4, -0.2) is 37.7 Å². The zero-order chi connectivity index (χ0) is 18.8. The maximum atomic E-state index is 12.2. The third-order valence-electron chi connectivity index (χ3n) is 3.81. The average Bonchev–Trinajstić information content (AvgIpc) is 3.02. The Morgan fingerprint density at radius 2 is 2.04 bits per heavy atom. The first-order valence-electron chi connectivity index (χ1n) is 7.99. The largest absolute Gasteiger partial charge is 0.611 e. The highest BCUT2D eigenvalue weighted by Gasteiger charge is 2.30. The Morgan fingerprint density at radius 1 is 1.35 bits per heavy atom. The zero-order valence-corrected chi connectivity index (χ0v) is 15.5. The lowest BCUT2D eigenvalue weighted by molar-refractivity contribution is 0.0751. The minimum Gasteiger partial charge on any atom is -0.611 e. The number of nitrogens with zero attached hydrogens (tertiary/aromatic N) is 4. The molecule has 26 heavy (non-hydrogen) atoms. The second kappa shape index (κ2) is 7.23. The lowest BCUT2D eigenvalue weighted by Crippen LogP contribution is -2.19. The Morgan fingerprint density at radius 3 is 2.62 bits per heavy atom. The van der Waals surface area contributed by atoms with Gasteiger partial charge in [0.2, 0.25) is 6.23 Å². The summed E-state index contributed by atoms with van der Waals surface area (Å²) >= 11 is -1.04. The molecule has 2 aromatic rings. The van der Waals surface area contributed by atoms with Crippen LogP contribution in [-0.2, 0) is 15.9 Å². The van der Waals surface area contributed by atoms with Gasteiger partial charge in [0.25, 0.3) is 5.90 Å². The molecule has 0 aliphatic carbocycles. The van der Waals surface area contributed by atoms with Gasteiger partial charge in [-0.05, 0) is 55.2 Å². The van der Waals surface area contributed by atoms with E-state index in [0.29, 0.717) is 11.4 Å². The van der Waals surface area contributed by atoms with Crippen molar-refractivity contribution < 1.29 is 9.29 Å². The van der Waals surface area contributed by atoms with Gasteiger partial charge in [0.1, 0.15) is 10.9 Å². The minimum absolute atomic E-state index is 0.0594. The van der Waals surface area contributed by atoms with Crippen LogP contribution in [0.15, 0.2) is 40.5 Å². The molecule has 2 N–H and O–H groups in total. The molecule has 134 valence electrons. The van der Waals surface area contributed by atoms with Crippen LogP contribution in [0.25, 0.3) is 11.3 Å². The summed E-state index contributed by atoms with van der Waals surface area (Å²) in [5.41, 5.74) is 7.87. The first kappa shape index (κ1) is 18.0. The number of ether oxygens (including phenoxy) is 1. The van der Waals surface area contributed by atoms with Gasteiger partial charge in [-0.2, -0.15) is 0 Å². The van der Waals surface area contributed by atoms with Crippen molar-refractivity contribution in [1.82, 2.24) is 15.0 Å². The molecule has 2 heterocycles. The van der Waals surface area contributed by atoms with Crippen molar-refractivity contribution in [2.45, 2.75) is 30.2 Å². The number of hydrazone groups is 1. The molecular formula is C18H19N5O2S. The highest BCUT2D eigenvalue weighted by molar-refractivity contribution is 7.92. The average molecular weight is 369 g/mol. The molecule has 0 bridgehead atoms. The van der Waals surface area contributed by atoms with Crippen LogP contribution < -0.4 is 5.73 Å². The van der Waals surface area contributed by atoms with E-state index in [0.717, 1.165) is 10.5 Å². The van der Waals surface area contributed by atoms with Gasteiger partial charge in [-0.25, -0.2) is 9.97 Å². The summed E-state index contributed by atoms with van der Waals surface area (Å²) in [4.78, 5) is 9.57. The number of terminal acetylenes is 1. The Kier molecular flexibility index (Phi) is 5.02. The van der Waals surface area contributed by atoms with Crippen LogP contribution in [0.1, 0.15) is 25.8 Å². The van der Waals surface area contributed by atoms with Gasteiger partial charge in [-0.1, -0.05) is 0 Å². The summed E-state index contributed by atoms with van der Waals surface area (Å²) in [5, 5.41) is 5.70. The number of nitrogens with two attached hydrogens (primary N) is 1. The van der Waals surface area contributed by atoms with Crippen LogP contribution in [0, 0.1) is 12.3 Å². The summed E-state index contributed by atoms with van der Waals surface area (Å²) in [6.07, 6.45) is 6.30. The van der Waals surface area contributed by atoms with Crippen molar-refractivity contribution in [2.75, 3.05) is 12.8 Å². The number of benzene rings is 1. The van der Waals surface area contributed by atoms with E-state index in [1.807, 2.05) is 38.1 Å². The number of hydrogen-bond donors (Lipinski definition) is 1. The molecule has 1 aromatic carbocycles. The lowest BCUT2D eigenvalue weighted by Gasteiger charge is -2.18. The van der Waals surface area contributed by atoms with Crippen molar-refractivity contribution in [2.24, 2.45) is 5.10 Å². The van der Waals surface area contributed by atoms with Gasteiger partial charge in [0, 0.05) is 12.6 Å². The van der Waals surface area contributed by atoms with E-state index in [4.69, 9.17) is 16.9 Å². The third kappa shape index (κ3) is 3.45. The van der Waals surface area contributed by atoms with Crippen molar-refractivity contribution in [3.05, 3.63) is 36.2 Å². The highest BCUT2D eigenvalue weighted by Crippen LogP contribution is 2.30. The summed E-state index contributed by atoms with van der Waals surface area (Å²) < 4.78 is 17.8. The van der Waals surface area contributed by atoms with Gasteiger partial charge in [-0.15, -0.1) is 11.5 Å². The zero-order valence-electron chi connectivity index (χ0n) is 14.7. The molecule has 7 nitrogen and oxygen atoms in total. The molecule has 0 amide bonds. The molecule has 0 spiro atoms. The van der Waals surface area contributed by atoms with E-state index in [9.17, 15) is 4.55 Å². The Bertz CT molecular complexity index is 876. The van der Waals surface area contributed by atoms with Crippen molar-refractivity contribution >= 4 is 22.9 Å². The quantitative estimate of drug-likeness (QED) is 0.655. The van der Waals surface area contributed by atoms with Gasteiger partial charge in [0.05, 0.1) is 11.9 Å².